The highest BCUT2D eigenvalue weighted by Gasteiger charge is 2.14. The van der Waals surface area contributed by atoms with Crippen LogP contribution in [0.3, 0.4) is 0 Å². The molecule has 0 atom stereocenters. The van der Waals surface area contributed by atoms with E-state index in [1.807, 2.05) is 25.3 Å². The maximum Gasteiger partial charge on any atom is 0.240 e. The summed E-state index contributed by atoms with van der Waals surface area (Å²) >= 11 is 1.49. The number of nitrogens with zero attached hydrogens (tertiary/aromatic N) is 3. The van der Waals surface area contributed by atoms with Crippen molar-refractivity contribution in [2.75, 3.05) is 13.7 Å². The van der Waals surface area contributed by atoms with Crippen molar-refractivity contribution in [1.82, 2.24) is 19.5 Å². The monoisotopic (exact) mass is 392 g/mol. The van der Waals surface area contributed by atoms with Gasteiger partial charge in [-0.15, -0.1) is 11.3 Å². The van der Waals surface area contributed by atoms with Crippen molar-refractivity contribution in [2.24, 2.45) is 0 Å². The number of sulfonamides is 1. The van der Waals surface area contributed by atoms with Crippen LogP contribution in [0.4, 0.5) is 0 Å². The van der Waals surface area contributed by atoms with Crippen molar-refractivity contribution in [3.63, 3.8) is 0 Å². The Hall–Kier alpha value is -2.23. The van der Waals surface area contributed by atoms with Crippen LogP contribution in [0, 0.1) is 13.8 Å². The fraction of sp³-hybridized carbons (Fsp3) is 0.294. The van der Waals surface area contributed by atoms with Crippen LogP contribution < -0.4 is 9.46 Å². The van der Waals surface area contributed by atoms with E-state index in [4.69, 9.17) is 4.74 Å². The number of aryl methyl sites for hydroxylation is 2. The number of benzene rings is 1. The molecule has 0 saturated carbocycles. The molecule has 0 spiro atoms. The zero-order chi connectivity index (χ0) is 18.7. The summed E-state index contributed by atoms with van der Waals surface area (Å²) in [5.41, 5.74) is 2.78. The minimum Gasteiger partial charge on any atom is -0.497 e. The van der Waals surface area contributed by atoms with Gasteiger partial charge in [-0.1, -0.05) is 0 Å². The van der Waals surface area contributed by atoms with Gasteiger partial charge in [0.25, 0.3) is 0 Å². The molecular formula is C17H20N4O3S2. The Kier molecular flexibility index (Phi) is 5.40. The van der Waals surface area contributed by atoms with Crippen molar-refractivity contribution < 1.29 is 13.2 Å². The lowest BCUT2D eigenvalue weighted by Crippen LogP contribution is -2.26. The van der Waals surface area contributed by atoms with E-state index in [0.717, 1.165) is 22.2 Å². The number of aromatic nitrogens is 3. The van der Waals surface area contributed by atoms with Crippen LogP contribution in [0.2, 0.25) is 0 Å². The van der Waals surface area contributed by atoms with Gasteiger partial charge in [0, 0.05) is 24.0 Å². The molecule has 0 radical (unpaired) electrons. The SMILES string of the molecule is COc1ccc(S(=O)(=O)NCCc2csc(-n3nc(C)cc3C)n2)cc1. The van der Waals surface area contributed by atoms with Gasteiger partial charge in [-0.2, -0.15) is 5.10 Å². The Morgan fingerprint density at radius 2 is 1.96 bits per heavy atom. The van der Waals surface area contributed by atoms with E-state index >= 15 is 0 Å². The van der Waals surface area contributed by atoms with Gasteiger partial charge in [-0.25, -0.2) is 22.8 Å². The molecular weight excluding hydrogens is 372 g/mol. The fourth-order valence-corrected chi connectivity index (χ4v) is 4.38. The molecule has 0 bridgehead atoms. The molecule has 0 unspecified atom stereocenters. The van der Waals surface area contributed by atoms with Gasteiger partial charge < -0.3 is 4.74 Å². The first kappa shape index (κ1) is 18.6. The predicted octanol–water partition coefficient (Wildman–Crippen LogP) is 2.48. The normalized spacial score (nSPS) is 11.7. The molecule has 0 aliphatic carbocycles. The van der Waals surface area contributed by atoms with Crippen molar-refractivity contribution in [3.8, 4) is 10.9 Å². The molecule has 0 aliphatic rings. The second-order valence-electron chi connectivity index (χ2n) is 5.78. The van der Waals surface area contributed by atoms with E-state index < -0.39 is 10.0 Å². The number of ether oxygens (including phenoxy) is 1. The van der Waals surface area contributed by atoms with Crippen LogP contribution in [-0.2, 0) is 16.4 Å². The minimum absolute atomic E-state index is 0.208. The summed E-state index contributed by atoms with van der Waals surface area (Å²) < 4.78 is 34.1. The molecule has 0 saturated heterocycles. The Bertz CT molecular complexity index is 991. The van der Waals surface area contributed by atoms with Crippen LogP contribution in [0.1, 0.15) is 17.1 Å². The Morgan fingerprint density at radius 1 is 1.23 bits per heavy atom. The molecule has 0 fully saturated rings. The Balaban J connectivity index is 1.62. The van der Waals surface area contributed by atoms with Gasteiger partial charge >= 0.3 is 0 Å². The highest BCUT2D eigenvalue weighted by atomic mass is 32.2. The van der Waals surface area contributed by atoms with Gasteiger partial charge in [-0.05, 0) is 44.2 Å². The summed E-state index contributed by atoms with van der Waals surface area (Å²) in [5.74, 6) is 0.614. The lowest BCUT2D eigenvalue weighted by Gasteiger charge is -2.07. The van der Waals surface area contributed by atoms with Gasteiger partial charge in [0.1, 0.15) is 5.75 Å². The summed E-state index contributed by atoms with van der Waals surface area (Å²) in [4.78, 5) is 4.75. The summed E-state index contributed by atoms with van der Waals surface area (Å²) in [6, 6.07) is 8.27. The molecule has 9 heteroatoms. The Morgan fingerprint density at radius 3 is 2.58 bits per heavy atom. The molecule has 0 aliphatic heterocycles. The largest absolute Gasteiger partial charge is 0.497 e. The lowest BCUT2D eigenvalue weighted by molar-refractivity contribution is 0.414. The second kappa shape index (κ2) is 7.56. The summed E-state index contributed by atoms with van der Waals surface area (Å²) in [7, 11) is -2.01. The number of methoxy groups -OCH3 is 1. The van der Waals surface area contributed by atoms with Crippen LogP contribution in [0.25, 0.3) is 5.13 Å². The molecule has 1 N–H and O–H groups in total. The molecule has 0 amide bonds. The summed E-state index contributed by atoms with van der Waals surface area (Å²) in [6.45, 7) is 4.19. The van der Waals surface area contributed by atoms with Crippen molar-refractivity contribution in [2.45, 2.75) is 25.2 Å². The highest BCUT2D eigenvalue weighted by Crippen LogP contribution is 2.18. The Labute approximate surface area is 156 Å². The van der Waals surface area contributed by atoms with E-state index in [9.17, 15) is 8.42 Å². The minimum atomic E-state index is -3.55. The molecule has 138 valence electrons. The number of hydrogen-bond donors (Lipinski definition) is 1. The lowest BCUT2D eigenvalue weighted by atomic mass is 10.3. The zero-order valence-corrected chi connectivity index (χ0v) is 16.4. The highest BCUT2D eigenvalue weighted by molar-refractivity contribution is 7.89. The number of thiazole rings is 1. The zero-order valence-electron chi connectivity index (χ0n) is 14.8. The quantitative estimate of drug-likeness (QED) is 0.668. The molecule has 3 rings (SSSR count). The first-order chi connectivity index (χ1) is 12.4. The van der Waals surface area contributed by atoms with E-state index in [1.165, 1.54) is 30.6 Å². The van der Waals surface area contributed by atoms with Crippen LogP contribution in [0.5, 0.6) is 5.75 Å². The molecule has 26 heavy (non-hydrogen) atoms. The molecule has 1 aromatic carbocycles. The number of rotatable bonds is 7. The smallest absolute Gasteiger partial charge is 0.240 e. The first-order valence-electron chi connectivity index (χ1n) is 8.01. The van der Waals surface area contributed by atoms with Crippen molar-refractivity contribution >= 4 is 21.4 Å². The first-order valence-corrected chi connectivity index (χ1v) is 10.4. The van der Waals surface area contributed by atoms with E-state index in [-0.39, 0.29) is 11.4 Å². The van der Waals surface area contributed by atoms with Gasteiger partial charge in [0.15, 0.2) is 0 Å². The molecule has 2 aromatic heterocycles. The average molecular weight is 393 g/mol. The fourth-order valence-electron chi connectivity index (χ4n) is 2.48. The third-order valence-corrected chi connectivity index (χ3v) is 6.12. The van der Waals surface area contributed by atoms with Gasteiger partial charge in [0.2, 0.25) is 15.2 Å². The predicted molar refractivity (Wildman–Crippen MR) is 101 cm³/mol. The van der Waals surface area contributed by atoms with E-state index in [2.05, 4.69) is 14.8 Å². The summed E-state index contributed by atoms with van der Waals surface area (Å²) in [5, 5.41) is 7.12. The van der Waals surface area contributed by atoms with Crippen LogP contribution in [-0.4, -0.2) is 36.8 Å². The van der Waals surface area contributed by atoms with Crippen LogP contribution >= 0.6 is 11.3 Å². The second-order valence-corrected chi connectivity index (χ2v) is 8.39. The third kappa shape index (κ3) is 4.12. The third-order valence-electron chi connectivity index (χ3n) is 3.77. The van der Waals surface area contributed by atoms with Gasteiger partial charge in [-0.3, -0.25) is 0 Å². The maximum absolute atomic E-state index is 12.3. The van der Waals surface area contributed by atoms with Crippen LogP contribution in [0.15, 0.2) is 40.6 Å². The van der Waals surface area contributed by atoms with Crippen molar-refractivity contribution in [1.29, 1.82) is 0 Å². The standard InChI is InChI=1S/C17H20N4O3S2/c1-12-10-13(2)21(20-12)17-19-14(11-25-17)8-9-18-26(22,23)16-6-4-15(24-3)5-7-16/h4-7,10-11,18H,8-9H2,1-3H3. The molecule has 3 aromatic rings. The summed E-state index contributed by atoms with van der Waals surface area (Å²) in [6.07, 6.45) is 0.505. The molecule has 2 heterocycles. The topological polar surface area (TPSA) is 86.1 Å². The maximum atomic E-state index is 12.3. The number of nitrogens with one attached hydrogen (secondary N) is 1. The van der Waals surface area contributed by atoms with E-state index in [1.54, 1.807) is 16.8 Å². The van der Waals surface area contributed by atoms with Crippen molar-refractivity contribution in [3.05, 3.63) is 52.8 Å². The molecule has 7 nitrogen and oxygen atoms in total. The average Bonchev–Trinajstić information content (AvgIpc) is 3.20. The number of hydrogen-bond acceptors (Lipinski definition) is 6. The van der Waals surface area contributed by atoms with Gasteiger partial charge in [0.05, 0.1) is 23.4 Å². The van der Waals surface area contributed by atoms with E-state index in [0.29, 0.717) is 12.2 Å².